The maximum absolute atomic E-state index is 13.5. The van der Waals surface area contributed by atoms with E-state index in [1.165, 1.54) is 0 Å². The van der Waals surface area contributed by atoms with Crippen LogP contribution >= 0.6 is 0 Å². The Morgan fingerprint density at radius 3 is 2.35 bits per heavy atom. The molecular weight excluding hydrogens is 263 g/mol. The van der Waals surface area contributed by atoms with Crippen LogP contribution in [0.2, 0.25) is 0 Å². The van der Waals surface area contributed by atoms with Crippen molar-refractivity contribution in [1.82, 2.24) is 5.32 Å². The summed E-state index contributed by atoms with van der Waals surface area (Å²) >= 11 is 0. The zero-order chi connectivity index (χ0) is 14.7. The molecule has 1 atom stereocenters. The summed E-state index contributed by atoms with van der Waals surface area (Å²) in [5, 5.41) is 3.11. The van der Waals surface area contributed by atoms with Crippen molar-refractivity contribution in [3.05, 3.63) is 70.5 Å². The van der Waals surface area contributed by atoms with E-state index in [1.54, 1.807) is 0 Å². The van der Waals surface area contributed by atoms with E-state index in [1.807, 2.05) is 38.1 Å². The minimum atomic E-state index is -1.17. The van der Waals surface area contributed by atoms with Gasteiger partial charge < -0.3 is 5.32 Å². The standard InChI is InChI=1S/C16H16F3N/c1-10-5-3-4-6-13(10)11(2)20-9-12-7-15(18)16(19)8-14(12)17/h3-8,11,20H,9H2,1-2H3/t11-/m1/s1. The van der Waals surface area contributed by atoms with E-state index in [2.05, 4.69) is 5.32 Å². The van der Waals surface area contributed by atoms with Gasteiger partial charge in [0.25, 0.3) is 0 Å². The maximum atomic E-state index is 13.5. The fourth-order valence-electron chi connectivity index (χ4n) is 2.14. The molecule has 0 unspecified atom stereocenters. The van der Waals surface area contributed by atoms with Gasteiger partial charge in [0.05, 0.1) is 0 Å². The monoisotopic (exact) mass is 279 g/mol. The maximum Gasteiger partial charge on any atom is 0.161 e. The Labute approximate surface area is 116 Å². The molecule has 0 aliphatic carbocycles. The highest BCUT2D eigenvalue weighted by atomic mass is 19.2. The number of hydrogen-bond acceptors (Lipinski definition) is 1. The molecule has 4 heteroatoms. The van der Waals surface area contributed by atoms with E-state index in [0.29, 0.717) is 6.07 Å². The highest BCUT2D eigenvalue weighted by molar-refractivity contribution is 5.28. The highest BCUT2D eigenvalue weighted by Crippen LogP contribution is 2.19. The van der Waals surface area contributed by atoms with Crippen molar-refractivity contribution < 1.29 is 13.2 Å². The third-order valence-corrected chi connectivity index (χ3v) is 3.34. The molecule has 0 radical (unpaired) electrons. The first-order valence-electron chi connectivity index (χ1n) is 6.41. The molecule has 0 aliphatic heterocycles. The van der Waals surface area contributed by atoms with Crippen LogP contribution in [0.3, 0.4) is 0 Å². The lowest BCUT2D eigenvalue weighted by Crippen LogP contribution is -2.19. The van der Waals surface area contributed by atoms with Gasteiger partial charge in [-0.25, -0.2) is 13.2 Å². The molecule has 0 bridgehead atoms. The molecule has 0 fully saturated rings. The Kier molecular flexibility index (Phi) is 4.45. The Bertz CT molecular complexity index is 611. The van der Waals surface area contributed by atoms with E-state index >= 15 is 0 Å². The van der Waals surface area contributed by atoms with Gasteiger partial charge in [-0.15, -0.1) is 0 Å². The van der Waals surface area contributed by atoms with Crippen LogP contribution in [0.1, 0.15) is 29.7 Å². The van der Waals surface area contributed by atoms with Crippen LogP contribution in [0.5, 0.6) is 0 Å². The lowest BCUT2D eigenvalue weighted by Gasteiger charge is -2.17. The number of rotatable bonds is 4. The summed E-state index contributed by atoms with van der Waals surface area (Å²) in [6, 6.07) is 9.30. The fraction of sp³-hybridized carbons (Fsp3) is 0.250. The van der Waals surface area contributed by atoms with Crippen molar-refractivity contribution in [2.24, 2.45) is 0 Å². The molecule has 2 aromatic carbocycles. The largest absolute Gasteiger partial charge is 0.306 e. The van der Waals surface area contributed by atoms with Crippen molar-refractivity contribution in [3.8, 4) is 0 Å². The molecule has 106 valence electrons. The number of benzene rings is 2. The van der Waals surface area contributed by atoms with E-state index in [4.69, 9.17) is 0 Å². The van der Waals surface area contributed by atoms with Crippen molar-refractivity contribution >= 4 is 0 Å². The van der Waals surface area contributed by atoms with Crippen LogP contribution in [0.25, 0.3) is 0 Å². The lowest BCUT2D eigenvalue weighted by molar-refractivity contribution is 0.482. The SMILES string of the molecule is Cc1ccccc1[C@@H](C)NCc1cc(F)c(F)cc1F. The zero-order valence-corrected chi connectivity index (χ0v) is 11.4. The van der Waals surface area contributed by atoms with Crippen molar-refractivity contribution in [2.45, 2.75) is 26.4 Å². The number of aryl methyl sites for hydroxylation is 1. The van der Waals surface area contributed by atoms with Gasteiger partial charge in [-0.05, 0) is 31.0 Å². The summed E-state index contributed by atoms with van der Waals surface area (Å²) in [7, 11) is 0. The molecule has 1 nitrogen and oxygen atoms in total. The molecule has 2 rings (SSSR count). The Hall–Kier alpha value is -1.81. The third kappa shape index (κ3) is 3.20. The molecular formula is C16H16F3N. The predicted octanol–water partition coefficient (Wildman–Crippen LogP) is 4.26. The topological polar surface area (TPSA) is 12.0 Å². The summed E-state index contributed by atoms with van der Waals surface area (Å²) in [5.41, 5.74) is 2.33. The zero-order valence-electron chi connectivity index (χ0n) is 11.4. The average Bonchev–Trinajstić information content (AvgIpc) is 2.41. The summed E-state index contributed by atoms with van der Waals surface area (Å²) < 4.78 is 39.5. The molecule has 0 aliphatic rings. The van der Waals surface area contributed by atoms with E-state index < -0.39 is 17.5 Å². The lowest BCUT2D eigenvalue weighted by atomic mass is 10.0. The first-order chi connectivity index (χ1) is 9.49. The summed E-state index contributed by atoms with van der Waals surface area (Å²) in [6.07, 6.45) is 0. The summed E-state index contributed by atoms with van der Waals surface area (Å²) in [4.78, 5) is 0. The summed E-state index contributed by atoms with van der Waals surface area (Å²) in [6.45, 7) is 4.07. The van der Waals surface area contributed by atoms with Gasteiger partial charge in [0, 0.05) is 24.2 Å². The first-order valence-corrected chi connectivity index (χ1v) is 6.41. The normalized spacial score (nSPS) is 12.4. The Morgan fingerprint density at radius 1 is 1.00 bits per heavy atom. The number of halogens is 3. The second-order valence-corrected chi connectivity index (χ2v) is 4.82. The van der Waals surface area contributed by atoms with Crippen molar-refractivity contribution in [2.75, 3.05) is 0 Å². The Morgan fingerprint density at radius 2 is 1.65 bits per heavy atom. The van der Waals surface area contributed by atoms with E-state index in [0.717, 1.165) is 17.2 Å². The average molecular weight is 279 g/mol. The molecule has 0 saturated heterocycles. The van der Waals surface area contributed by atoms with Crippen LogP contribution in [-0.4, -0.2) is 0 Å². The fourth-order valence-corrected chi connectivity index (χ4v) is 2.14. The van der Waals surface area contributed by atoms with E-state index in [9.17, 15) is 13.2 Å². The molecule has 0 spiro atoms. The van der Waals surface area contributed by atoms with Gasteiger partial charge in [0.15, 0.2) is 11.6 Å². The number of hydrogen-bond donors (Lipinski definition) is 1. The van der Waals surface area contributed by atoms with Crippen molar-refractivity contribution in [1.29, 1.82) is 0 Å². The molecule has 0 heterocycles. The molecule has 20 heavy (non-hydrogen) atoms. The minimum Gasteiger partial charge on any atom is -0.306 e. The van der Waals surface area contributed by atoms with Gasteiger partial charge in [0.1, 0.15) is 5.82 Å². The molecule has 0 aromatic heterocycles. The quantitative estimate of drug-likeness (QED) is 0.824. The first kappa shape index (κ1) is 14.6. The van der Waals surface area contributed by atoms with Gasteiger partial charge >= 0.3 is 0 Å². The molecule has 1 N–H and O–H groups in total. The molecule has 0 amide bonds. The summed E-state index contributed by atoms with van der Waals surface area (Å²) in [5.74, 6) is -2.95. The third-order valence-electron chi connectivity index (χ3n) is 3.34. The predicted molar refractivity (Wildman–Crippen MR) is 72.7 cm³/mol. The van der Waals surface area contributed by atoms with Crippen LogP contribution < -0.4 is 5.32 Å². The smallest absolute Gasteiger partial charge is 0.161 e. The van der Waals surface area contributed by atoms with Gasteiger partial charge in [-0.2, -0.15) is 0 Å². The minimum absolute atomic E-state index is 0.0104. The van der Waals surface area contributed by atoms with Crippen LogP contribution in [0.15, 0.2) is 36.4 Å². The van der Waals surface area contributed by atoms with E-state index in [-0.39, 0.29) is 18.2 Å². The second-order valence-electron chi connectivity index (χ2n) is 4.82. The molecule has 2 aromatic rings. The van der Waals surface area contributed by atoms with Gasteiger partial charge in [-0.3, -0.25) is 0 Å². The highest BCUT2D eigenvalue weighted by Gasteiger charge is 2.12. The number of nitrogens with one attached hydrogen (secondary N) is 1. The van der Waals surface area contributed by atoms with Crippen LogP contribution in [-0.2, 0) is 6.54 Å². The Balaban J connectivity index is 2.09. The van der Waals surface area contributed by atoms with Crippen molar-refractivity contribution in [3.63, 3.8) is 0 Å². The van der Waals surface area contributed by atoms with Crippen LogP contribution in [0, 0.1) is 24.4 Å². The second kappa shape index (κ2) is 6.09. The van der Waals surface area contributed by atoms with Crippen LogP contribution in [0.4, 0.5) is 13.2 Å². The van der Waals surface area contributed by atoms with Gasteiger partial charge in [-0.1, -0.05) is 24.3 Å². The van der Waals surface area contributed by atoms with Gasteiger partial charge in [0.2, 0.25) is 0 Å². The molecule has 0 saturated carbocycles.